The van der Waals surface area contributed by atoms with Crippen molar-refractivity contribution < 1.29 is 14.4 Å². The minimum atomic E-state index is -3.93. The van der Waals surface area contributed by atoms with E-state index in [4.69, 9.17) is 14.4 Å². The summed E-state index contributed by atoms with van der Waals surface area (Å²) in [4.78, 5) is 26.0. The van der Waals surface area contributed by atoms with Crippen molar-refractivity contribution in [1.82, 2.24) is 0 Å². The highest BCUT2D eigenvalue weighted by molar-refractivity contribution is 6.64. The molecule has 9 heavy (non-hydrogen) atoms. The Kier molecular flexibility index (Phi) is 1.54. The van der Waals surface area contributed by atoms with Crippen molar-refractivity contribution in [3.63, 3.8) is 0 Å². The second-order valence-corrected chi connectivity index (χ2v) is 3.87. The molecular formula is C5H8O3Si. The van der Waals surface area contributed by atoms with Crippen molar-refractivity contribution in [2.75, 3.05) is 0 Å². The van der Waals surface area contributed by atoms with E-state index < -0.39 is 8.80 Å². The molecule has 0 unspecified atom stereocenters. The first kappa shape index (κ1) is 6.69. The van der Waals surface area contributed by atoms with E-state index in [1.54, 1.807) is 12.2 Å². The number of hydrogen-bond donors (Lipinski definition) is 3. The predicted molar refractivity (Wildman–Crippen MR) is 34.3 cm³/mol. The smallest absolute Gasteiger partial charge is 0.387 e. The molecule has 0 radical (unpaired) electrons. The molecule has 0 aromatic carbocycles. The quantitative estimate of drug-likeness (QED) is 0.428. The van der Waals surface area contributed by atoms with Gasteiger partial charge in [0.1, 0.15) is 0 Å². The summed E-state index contributed by atoms with van der Waals surface area (Å²) in [5, 5.41) is 0.350. The molecule has 0 bridgehead atoms. The third-order valence-electron chi connectivity index (χ3n) is 1.20. The maximum atomic E-state index is 8.66. The van der Waals surface area contributed by atoms with E-state index in [2.05, 4.69) is 0 Å². The average molecular weight is 144 g/mol. The van der Waals surface area contributed by atoms with Crippen LogP contribution in [0.25, 0.3) is 0 Å². The first-order chi connectivity index (χ1) is 4.11. The number of allylic oxidation sites excluding steroid dienone is 4. The molecular weight excluding hydrogens is 136 g/mol. The second kappa shape index (κ2) is 2.07. The highest BCUT2D eigenvalue weighted by Gasteiger charge is 2.32. The second-order valence-electron chi connectivity index (χ2n) is 1.96. The molecule has 0 spiro atoms. The molecule has 4 heteroatoms. The molecule has 0 aliphatic heterocycles. The van der Waals surface area contributed by atoms with E-state index in [1.807, 2.05) is 0 Å². The molecule has 0 atom stereocenters. The van der Waals surface area contributed by atoms with Crippen LogP contribution in [-0.2, 0) is 0 Å². The molecule has 3 N–H and O–H groups in total. The normalized spacial score (nSPS) is 18.3. The summed E-state index contributed by atoms with van der Waals surface area (Å²) in [6, 6.07) is 0. The fraction of sp³-hybridized carbons (Fsp3) is 0.200. The van der Waals surface area contributed by atoms with Gasteiger partial charge >= 0.3 is 8.80 Å². The van der Waals surface area contributed by atoms with E-state index in [-0.39, 0.29) is 0 Å². The van der Waals surface area contributed by atoms with Gasteiger partial charge in [0.2, 0.25) is 0 Å². The van der Waals surface area contributed by atoms with Crippen LogP contribution in [-0.4, -0.2) is 23.2 Å². The van der Waals surface area contributed by atoms with Crippen LogP contribution in [0.15, 0.2) is 23.4 Å². The van der Waals surface area contributed by atoms with Gasteiger partial charge in [-0.1, -0.05) is 18.2 Å². The lowest BCUT2D eigenvalue weighted by atomic mass is 10.5. The molecule has 3 nitrogen and oxygen atoms in total. The Morgan fingerprint density at radius 3 is 2.22 bits per heavy atom. The summed E-state index contributed by atoms with van der Waals surface area (Å²) < 4.78 is 0. The first-order valence-electron chi connectivity index (χ1n) is 2.64. The molecule has 1 aliphatic rings. The molecule has 0 aromatic heterocycles. The zero-order valence-electron chi connectivity index (χ0n) is 4.78. The summed E-state index contributed by atoms with van der Waals surface area (Å²) in [5.41, 5.74) is 0. The fourth-order valence-electron chi connectivity index (χ4n) is 0.696. The minimum absolute atomic E-state index is 0.350. The highest BCUT2D eigenvalue weighted by Crippen LogP contribution is 2.15. The van der Waals surface area contributed by atoms with Gasteiger partial charge in [-0.2, -0.15) is 0 Å². The summed E-state index contributed by atoms with van der Waals surface area (Å²) in [5.74, 6) is 0. The number of hydrogen-bond acceptors (Lipinski definition) is 3. The van der Waals surface area contributed by atoms with Gasteiger partial charge in [-0.15, -0.1) is 0 Å². The van der Waals surface area contributed by atoms with E-state index in [0.717, 1.165) is 0 Å². The molecule has 1 aliphatic carbocycles. The highest BCUT2D eigenvalue weighted by atomic mass is 28.4. The molecule has 0 saturated heterocycles. The molecule has 0 aromatic rings. The molecule has 0 heterocycles. The van der Waals surface area contributed by atoms with Gasteiger partial charge in [-0.3, -0.25) is 0 Å². The number of rotatable bonds is 1. The summed E-state index contributed by atoms with van der Waals surface area (Å²) >= 11 is 0. The lowest BCUT2D eigenvalue weighted by Gasteiger charge is -2.08. The Morgan fingerprint density at radius 1 is 1.33 bits per heavy atom. The first-order valence-corrected chi connectivity index (χ1v) is 4.48. The minimum Gasteiger partial charge on any atom is -0.387 e. The standard InChI is InChI=1S/C5H8O3Si/c6-9(7,8)5-3-1-2-4-5/h1-3,6-8H,4H2. The van der Waals surface area contributed by atoms with Crippen LogP contribution in [0.3, 0.4) is 0 Å². The molecule has 1 rings (SSSR count). The Bertz CT molecular complexity index is 166. The monoisotopic (exact) mass is 144 g/mol. The van der Waals surface area contributed by atoms with Gasteiger partial charge in [0.05, 0.1) is 0 Å². The van der Waals surface area contributed by atoms with Crippen molar-refractivity contribution in [2.24, 2.45) is 0 Å². The van der Waals surface area contributed by atoms with E-state index in [9.17, 15) is 0 Å². The van der Waals surface area contributed by atoms with Crippen LogP contribution in [0.5, 0.6) is 0 Å². The topological polar surface area (TPSA) is 60.7 Å². The van der Waals surface area contributed by atoms with Crippen LogP contribution in [0, 0.1) is 0 Å². The Balaban J connectivity index is 2.66. The summed E-state index contributed by atoms with van der Waals surface area (Å²) in [6.45, 7) is 0. The van der Waals surface area contributed by atoms with E-state index in [0.29, 0.717) is 11.6 Å². The summed E-state index contributed by atoms with van der Waals surface area (Å²) in [6.07, 6.45) is 5.46. The third-order valence-corrected chi connectivity index (χ3v) is 2.43. The Hall–Kier alpha value is -0.423. The molecule has 0 fully saturated rings. The van der Waals surface area contributed by atoms with Gasteiger partial charge in [-0.05, 0) is 6.42 Å². The Labute approximate surface area is 53.9 Å². The maximum absolute atomic E-state index is 8.66. The Morgan fingerprint density at radius 2 is 2.00 bits per heavy atom. The van der Waals surface area contributed by atoms with Crippen LogP contribution >= 0.6 is 0 Å². The lowest BCUT2D eigenvalue weighted by Crippen LogP contribution is -2.37. The fourth-order valence-corrected chi connectivity index (χ4v) is 1.41. The van der Waals surface area contributed by atoms with Crippen molar-refractivity contribution >= 4 is 8.80 Å². The zero-order valence-corrected chi connectivity index (χ0v) is 5.78. The third kappa shape index (κ3) is 1.49. The average Bonchev–Trinajstić information content (AvgIpc) is 2.08. The molecule has 50 valence electrons. The van der Waals surface area contributed by atoms with Gasteiger partial charge in [0.25, 0.3) is 0 Å². The van der Waals surface area contributed by atoms with Gasteiger partial charge in [-0.25, -0.2) is 0 Å². The van der Waals surface area contributed by atoms with Crippen LogP contribution in [0.2, 0.25) is 0 Å². The van der Waals surface area contributed by atoms with Crippen molar-refractivity contribution in [3.8, 4) is 0 Å². The van der Waals surface area contributed by atoms with Crippen LogP contribution in [0.4, 0.5) is 0 Å². The zero-order chi connectivity index (χ0) is 6.91. The van der Waals surface area contributed by atoms with E-state index >= 15 is 0 Å². The maximum Gasteiger partial charge on any atom is 0.525 e. The van der Waals surface area contributed by atoms with Crippen molar-refractivity contribution in [3.05, 3.63) is 23.4 Å². The summed E-state index contributed by atoms with van der Waals surface area (Å²) in [7, 11) is -3.93. The lowest BCUT2D eigenvalue weighted by molar-refractivity contribution is 0.241. The SMILES string of the molecule is O[Si](O)(O)C1=CC=CC1. The van der Waals surface area contributed by atoms with Gasteiger partial charge in [0.15, 0.2) is 0 Å². The predicted octanol–water partition coefficient (Wildman–Crippen LogP) is -0.672. The van der Waals surface area contributed by atoms with Gasteiger partial charge in [0, 0.05) is 5.20 Å². The molecule has 0 saturated carbocycles. The van der Waals surface area contributed by atoms with Crippen molar-refractivity contribution in [1.29, 1.82) is 0 Å². The van der Waals surface area contributed by atoms with Crippen molar-refractivity contribution in [2.45, 2.75) is 6.42 Å². The van der Waals surface area contributed by atoms with Crippen LogP contribution in [0.1, 0.15) is 6.42 Å². The largest absolute Gasteiger partial charge is 0.525 e. The van der Waals surface area contributed by atoms with Gasteiger partial charge < -0.3 is 14.4 Å². The molecule has 0 amide bonds. The van der Waals surface area contributed by atoms with E-state index in [1.165, 1.54) is 6.08 Å². The van der Waals surface area contributed by atoms with Crippen LogP contribution < -0.4 is 0 Å².